The van der Waals surface area contributed by atoms with Crippen LogP contribution in [0.3, 0.4) is 0 Å². The zero-order valence-electron chi connectivity index (χ0n) is 19.0. The lowest BCUT2D eigenvalue weighted by Gasteiger charge is -2.15. The molecule has 1 aliphatic heterocycles. The Morgan fingerprint density at radius 1 is 1.12 bits per heavy atom. The number of nitrogens with zero attached hydrogens (tertiary/aromatic N) is 3. The first kappa shape index (κ1) is 24.8. The van der Waals surface area contributed by atoms with Gasteiger partial charge in [0.2, 0.25) is 0 Å². The molecule has 1 amide bonds. The minimum atomic E-state index is -4.42. The van der Waals surface area contributed by atoms with Crippen molar-refractivity contribution in [3.63, 3.8) is 0 Å². The Balaban J connectivity index is 0.00000149. The third-order valence-electron chi connectivity index (χ3n) is 4.84. The van der Waals surface area contributed by atoms with Crippen LogP contribution in [0.15, 0.2) is 52.5 Å². The van der Waals surface area contributed by atoms with Crippen LogP contribution in [0.25, 0.3) is 17.0 Å². The van der Waals surface area contributed by atoms with Crippen molar-refractivity contribution in [2.24, 2.45) is 10.9 Å². The van der Waals surface area contributed by atoms with Gasteiger partial charge < -0.3 is 0 Å². The van der Waals surface area contributed by atoms with Crippen LogP contribution in [0.4, 0.5) is 18.0 Å². The van der Waals surface area contributed by atoms with Crippen molar-refractivity contribution in [1.29, 1.82) is 0 Å². The first-order chi connectivity index (χ1) is 15.7. The van der Waals surface area contributed by atoms with Gasteiger partial charge in [0.1, 0.15) is 0 Å². The zero-order chi connectivity index (χ0) is 24.2. The number of hydrogen-bond donors (Lipinski definition) is 0. The van der Waals surface area contributed by atoms with Crippen LogP contribution < -0.4 is 0 Å². The molecule has 0 saturated heterocycles. The normalized spacial score (nSPS) is 14.9. The molecule has 33 heavy (non-hydrogen) atoms. The van der Waals surface area contributed by atoms with Gasteiger partial charge in [0.15, 0.2) is 0 Å². The summed E-state index contributed by atoms with van der Waals surface area (Å²) in [5.41, 5.74) is 1.81. The minimum Gasteiger partial charge on any atom is -0.267 e. The van der Waals surface area contributed by atoms with Gasteiger partial charge in [-0.1, -0.05) is 45.9 Å². The van der Waals surface area contributed by atoms with Crippen molar-refractivity contribution < 1.29 is 18.0 Å². The molecule has 8 heteroatoms. The summed E-state index contributed by atoms with van der Waals surface area (Å²) in [5, 5.41) is 4.99. The predicted octanol–water partition coefficient (Wildman–Crippen LogP) is 7.61. The van der Waals surface area contributed by atoms with E-state index in [4.69, 9.17) is 0 Å². The Kier molecular flexibility index (Phi) is 7.79. The zero-order valence-corrected chi connectivity index (χ0v) is 19.8. The fourth-order valence-electron chi connectivity index (χ4n) is 3.57. The lowest BCUT2D eigenvalue weighted by Crippen LogP contribution is -2.13. The van der Waals surface area contributed by atoms with E-state index >= 15 is 0 Å². The molecule has 0 saturated carbocycles. The third-order valence-corrected chi connectivity index (χ3v) is 5.58. The molecule has 0 bridgehead atoms. The summed E-state index contributed by atoms with van der Waals surface area (Å²) >= 11 is 1.05. The summed E-state index contributed by atoms with van der Waals surface area (Å²) < 4.78 is 42.6. The number of benzene rings is 2. The van der Waals surface area contributed by atoms with E-state index in [-0.39, 0.29) is 23.3 Å². The van der Waals surface area contributed by atoms with Crippen molar-refractivity contribution in [2.45, 2.75) is 46.8 Å². The lowest BCUT2D eigenvalue weighted by atomic mass is 9.97. The number of fused-ring (bicyclic) bond motifs is 1. The largest absolute Gasteiger partial charge is 0.416 e. The average Bonchev–Trinajstić information content (AvgIpc) is 3.34. The number of amides is 1. The molecule has 2 aromatic carbocycles. The summed E-state index contributed by atoms with van der Waals surface area (Å²) in [6, 6.07) is 10.1. The van der Waals surface area contributed by atoms with Crippen molar-refractivity contribution >= 4 is 40.2 Å². The Morgan fingerprint density at radius 3 is 2.52 bits per heavy atom. The smallest absolute Gasteiger partial charge is 0.267 e. The van der Waals surface area contributed by atoms with Crippen LogP contribution >= 0.6 is 11.8 Å². The second-order valence-electron chi connectivity index (χ2n) is 7.91. The number of rotatable bonds is 5. The Hall–Kier alpha value is -2.87. The number of aromatic nitrogens is 2. The van der Waals surface area contributed by atoms with Gasteiger partial charge in [0, 0.05) is 22.7 Å². The number of allylic oxidation sites excluding steroid dienone is 1. The first-order valence-electron chi connectivity index (χ1n) is 10.8. The highest BCUT2D eigenvalue weighted by molar-refractivity contribution is 8.18. The number of carbonyl (C=O) groups excluding carboxylic acids is 1. The molecule has 4 rings (SSSR count). The van der Waals surface area contributed by atoms with Gasteiger partial charge in [-0.05, 0) is 65.1 Å². The van der Waals surface area contributed by atoms with Crippen LogP contribution in [0, 0.1) is 5.92 Å². The van der Waals surface area contributed by atoms with Gasteiger partial charge in [-0.2, -0.15) is 18.3 Å². The molecule has 4 nitrogen and oxygen atoms in total. The van der Waals surface area contributed by atoms with Crippen molar-refractivity contribution in [2.75, 3.05) is 0 Å². The molecule has 1 aromatic heterocycles. The van der Waals surface area contributed by atoms with Gasteiger partial charge in [-0.15, -0.1) is 0 Å². The maximum atomic E-state index is 13.7. The number of aliphatic imine (C=N–C) groups is 1. The molecular formula is C25H26F3N3OS. The number of halogens is 3. The lowest BCUT2D eigenvalue weighted by molar-refractivity contribution is -0.138. The van der Waals surface area contributed by atoms with Crippen LogP contribution in [0.5, 0.6) is 0 Å². The average molecular weight is 474 g/mol. The van der Waals surface area contributed by atoms with Gasteiger partial charge in [-0.25, -0.2) is 4.99 Å². The Bertz CT molecular complexity index is 1210. The van der Waals surface area contributed by atoms with E-state index in [1.165, 1.54) is 17.0 Å². The SMILES string of the molecule is CC.CC(C)Cc1ccc(Cn2cc3cc(/C=C4/C=NC(=O)S4)ccc3n2)c(C(F)(F)F)c1. The minimum absolute atomic E-state index is 0.0267. The first-order valence-corrected chi connectivity index (χ1v) is 11.6. The highest BCUT2D eigenvalue weighted by atomic mass is 32.2. The molecule has 0 fully saturated rings. The predicted molar refractivity (Wildman–Crippen MR) is 130 cm³/mol. The molecule has 0 spiro atoms. The standard InChI is InChI=1S/C23H20F3N3OS.C2H6/c1-14(2)7-15-3-5-17(20(10-15)23(24,25)26)12-29-13-18-8-16(4-6-21(18)28-29)9-19-11-27-22(30)31-19;1-2/h3-6,8-11,13-14H,7,12H2,1-2H3;1-2H3/b19-9-;. The molecule has 0 N–H and O–H groups in total. The van der Waals surface area contributed by atoms with E-state index in [0.29, 0.717) is 17.5 Å². The molecule has 0 aliphatic carbocycles. The summed E-state index contributed by atoms with van der Waals surface area (Å²) in [6.45, 7) is 7.99. The molecule has 0 atom stereocenters. The van der Waals surface area contributed by atoms with Crippen LogP contribution in [-0.2, 0) is 19.1 Å². The fraction of sp³-hybridized carbons (Fsp3) is 0.320. The molecule has 0 unspecified atom stereocenters. The van der Waals surface area contributed by atoms with Crippen molar-refractivity contribution in [1.82, 2.24) is 9.78 Å². The van der Waals surface area contributed by atoms with E-state index in [1.807, 2.05) is 52.0 Å². The summed E-state index contributed by atoms with van der Waals surface area (Å²) in [5.74, 6) is 0.277. The van der Waals surface area contributed by atoms with E-state index in [1.54, 1.807) is 18.3 Å². The maximum absolute atomic E-state index is 13.7. The molecule has 2 heterocycles. The van der Waals surface area contributed by atoms with E-state index < -0.39 is 11.7 Å². The van der Waals surface area contributed by atoms with E-state index in [9.17, 15) is 18.0 Å². The second-order valence-corrected chi connectivity index (χ2v) is 8.93. The van der Waals surface area contributed by atoms with E-state index in [0.717, 1.165) is 27.6 Å². The quantitative estimate of drug-likeness (QED) is 0.383. The van der Waals surface area contributed by atoms with Gasteiger partial charge in [0.25, 0.3) is 0 Å². The number of carbonyl (C=O) groups is 1. The third kappa shape index (κ3) is 6.35. The summed E-state index contributed by atoms with van der Waals surface area (Å²) in [6.07, 6.45) is 1.27. The van der Waals surface area contributed by atoms with Gasteiger partial charge in [-0.3, -0.25) is 9.48 Å². The highest BCUT2D eigenvalue weighted by Gasteiger charge is 2.33. The molecule has 0 radical (unpaired) electrons. The monoisotopic (exact) mass is 473 g/mol. The van der Waals surface area contributed by atoms with Crippen LogP contribution in [-0.4, -0.2) is 21.2 Å². The van der Waals surface area contributed by atoms with Crippen LogP contribution in [0.1, 0.15) is 49.9 Å². The van der Waals surface area contributed by atoms with E-state index in [2.05, 4.69) is 10.1 Å². The molecule has 174 valence electrons. The summed E-state index contributed by atoms with van der Waals surface area (Å²) in [7, 11) is 0. The maximum Gasteiger partial charge on any atom is 0.416 e. The molecular weight excluding hydrogens is 447 g/mol. The second kappa shape index (κ2) is 10.4. The fourth-order valence-corrected chi connectivity index (χ4v) is 4.17. The Morgan fingerprint density at radius 2 is 1.88 bits per heavy atom. The van der Waals surface area contributed by atoms with Gasteiger partial charge in [0.05, 0.1) is 17.6 Å². The van der Waals surface area contributed by atoms with Gasteiger partial charge >= 0.3 is 11.4 Å². The number of alkyl halides is 3. The Labute approximate surface area is 195 Å². The topological polar surface area (TPSA) is 47.2 Å². The highest BCUT2D eigenvalue weighted by Crippen LogP contribution is 2.34. The molecule has 3 aromatic rings. The van der Waals surface area contributed by atoms with Crippen LogP contribution in [0.2, 0.25) is 0 Å². The number of hydrogen-bond acceptors (Lipinski definition) is 3. The summed E-state index contributed by atoms with van der Waals surface area (Å²) in [4.78, 5) is 15.7. The molecule has 1 aliphatic rings. The van der Waals surface area contributed by atoms with Crippen molar-refractivity contribution in [3.05, 3.63) is 69.8 Å². The number of thioether (sulfide) groups is 1. The van der Waals surface area contributed by atoms with Crippen molar-refractivity contribution in [3.8, 4) is 0 Å².